The fourth-order valence-electron chi connectivity index (χ4n) is 2.38. The van der Waals surface area contributed by atoms with Crippen molar-refractivity contribution in [3.05, 3.63) is 46.2 Å². The SMILES string of the molecule is CNc1ncnc(N(C)Cc2ccccc2Br)c1C(C)C. The zero-order chi connectivity index (χ0) is 15.4. The van der Waals surface area contributed by atoms with Crippen LogP contribution < -0.4 is 10.2 Å². The lowest BCUT2D eigenvalue weighted by atomic mass is 10.0. The molecule has 5 heteroatoms. The van der Waals surface area contributed by atoms with Crippen LogP contribution in [0.4, 0.5) is 11.6 Å². The molecule has 0 saturated heterocycles. The number of rotatable bonds is 5. The molecule has 0 spiro atoms. The maximum absolute atomic E-state index is 4.49. The van der Waals surface area contributed by atoms with Crippen molar-refractivity contribution >= 4 is 27.6 Å². The summed E-state index contributed by atoms with van der Waals surface area (Å²) in [7, 11) is 3.96. The van der Waals surface area contributed by atoms with E-state index in [1.807, 2.05) is 13.1 Å². The van der Waals surface area contributed by atoms with Crippen molar-refractivity contribution in [1.29, 1.82) is 0 Å². The van der Waals surface area contributed by atoms with Crippen molar-refractivity contribution in [2.45, 2.75) is 26.3 Å². The van der Waals surface area contributed by atoms with E-state index in [1.54, 1.807) is 6.33 Å². The van der Waals surface area contributed by atoms with Crippen LogP contribution in [0.25, 0.3) is 0 Å². The Bertz CT molecular complexity index is 613. The molecule has 21 heavy (non-hydrogen) atoms. The van der Waals surface area contributed by atoms with Gasteiger partial charge < -0.3 is 10.2 Å². The van der Waals surface area contributed by atoms with E-state index >= 15 is 0 Å². The Balaban J connectivity index is 2.35. The Hall–Kier alpha value is -1.62. The fraction of sp³-hybridized carbons (Fsp3) is 0.375. The number of nitrogens with zero attached hydrogens (tertiary/aromatic N) is 3. The summed E-state index contributed by atoms with van der Waals surface area (Å²) >= 11 is 3.60. The number of benzene rings is 1. The molecule has 4 nitrogen and oxygen atoms in total. The van der Waals surface area contributed by atoms with Crippen LogP contribution in [-0.2, 0) is 6.54 Å². The van der Waals surface area contributed by atoms with Gasteiger partial charge in [-0.25, -0.2) is 9.97 Å². The van der Waals surface area contributed by atoms with Gasteiger partial charge in [0.15, 0.2) is 0 Å². The van der Waals surface area contributed by atoms with Gasteiger partial charge in [0.1, 0.15) is 18.0 Å². The molecule has 1 heterocycles. The highest BCUT2D eigenvalue weighted by Crippen LogP contribution is 2.31. The van der Waals surface area contributed by atoms with E-state index in [0.717, 1.165) is 28.2 Å². The summed E-state index contributed by atoms with van der Waals surface area (Å²) in [6.45, 7) is 5.12. The molecule has 0 atom stereocenters. The Morgan fingerprint density at radius 1 is 1.24 bits per heavy atom. The Kier molecular flexibility index (Phi) is 5.17. The molecule has 2 rings (SSSR count). The molecular weight excluding hydrogens is 328 g/mol. The molecule has 0 aliphatic rings. The van der Waals surface area contributed by atoms with E-state index in [4.69, 9.17) is 0 Å². The third-order valence-electron chi connectivity index (χ3n) is 3.40. The summed E-state index contributed by atoms with van der Waals surface area (Å²) < 4.78 is 1.12. The summed E-state index contributed by atoms with van der Waals surface area (Å²) in [4.78, 5) is 11.0. The average Bonchev–Trinajstić information content (AvgIpc) is 2.48. The molecule has 2 aromatic rings. The average molecular weight is 349 g/mol. The first-order valence-electron chi connectivity index (χ1n) is 7.01. The fourth-order valence-corrected chi connectivity index (χ4v) is 2.79. The zero-order valence-electron chi connectivity index (χ0n) is 12.9. The van der Waals surface area contributed by atoms with Crippen LogP contribution >= 0.6 is 15.9 Å². The van der Waals surface area contributed by atoms with E-state index in [1.165, 1.54) is 5.56 Å². The molecule has 112 valence electrons. The highest BCUT2D eigenvalue weighted by molar-refractivity contribution is 9.10. The highest BCUT2D eigenvalue weighted by atomic mass is 79.9. The third kappa shape index (κ3) is 3.53. The first kappa shape index (κ1) is 15.8. The van der Waals surface area contributed by atoms with Gasteiger partial charge >= 0.3 is 0 Å². The molecule has 0 unspecified atom stereocenters. The molecule has 0 amide bonds. The van der Waals surface area contributed by atoms with Gasteiger partial charge in [0, 0.05) is 30.7 Å². The van der Waals surface area contributed by atoms with Crippen LogP contribution in [0, 0.1) is 0 Å². The van der Waals surface area contributed by atoms with E-state index < -0.39 is 0 Å². The first-order chi connectivity index (χ1) is 10.0. The number of nitrogens with one attached hydrogen (secondary N) is 1. The second-order valence-corrected chi connectivity index (χ2v) is 6.17. The van der Waals surface area contributed by atoms with Crippen LogP contribution in [-0.4, -0.2) is 24.1 Å². The lowest BCUT2D eigenvalue weighted by molar-refractivity contribution is 0.809. The van der Waals surface area contributed by atoms with E-state index in [0.29, 0.717) is 5.92 Å². The Labute approximate surface area is 134 Å². The summed E-state index contributed by atoms with van der Waals surface area (Å²) in [5.41, 5.74) is 2.38. The van der Waals surface area contributed by atoms with Gasteiger partial charge in [0.05, 0.1) is 0 Å². The normalized spacial score (nSPS) is 10.8. The van der Waals surface area contributed by atoms with Crippen LogP contribution in [0.5, 0.6) is 0 Å². The van der Waals surface area contributed by atoms with Crippen LogP contribution in [0.2, 0.25) is 0 Å². The van der Waals surface area contributed by atoms with Crippen molar-refractivity contribution in [2.24, 2.45) is 0 Å². The minimum atomic E-state index is 0.352. The van der Waals surface area contributed by atoms with E-state index in [-0.39, 0.29) is 0 Å². The monoisotopic (exact) mass is 348 g/mol. The van der Waals surface area contributed by atoms with E-state index in [9.17, 15) is 0 Å². The molecule has 1 aromatic heterocycles. The molecule has 0 aliphatic heterocycles. The molecule has 0 aliphatic carbocycles. The molecule has 0 radical (unpaired) electrons. The van der Waals surface area contributed by atoms with Gasteiger partial charge in [-0.2, -0.15) is 0 Å². The van der Waals surface area contributed by atoms with Crippen LogP contribution in [0.3, 0.4) is 0 Å². The van der Waals surface area contributed by atoms with Crippen LogP contribution in [0.1, 0.15) is 30.9 Å². The van der Waals surface area contributed by atoms with Gasteiger partial charge in [-0.1, -0.05) is 48.0 Å². The van der Waals surface area contributed by atoms with Gasteiger partial charge in [-0.15, -0.1) is 0 Å². The number of hydrogen-bond donors (Lipinski definition) is 1. The Morgan fingerprint density at radius 3 is 2.57 bits per heavy atom. The first-order valence-corrected chi connectivity index (χ1v) is 7.81. The van der Waals surface area contributed by atoms with Gasteiger partial charge in [0.2, 0.25) is 0 Å². The second-order valence-electron chi connectivity index (χ2n) is 5.31. The number of halogens is 1. The molecular formula is C16H21BrN4. The predicted molar refractivity (Wildman–Crippen MR) is 91.9 cm³/mol. The summed E-state index contributed by atoms with van der Waals surface area (Å²) in [6.07, 6.45) is 1.61. The van der Waals surface area contributed by atoms with Crippen molar-refractivity contribution < 1.29 is 0 Å². The van der Waals surface area contributed by atoms with Crippen molar-refractivity contribution in [1.82, 2.24) is 9.97 Å². The molecule has 0 fully saturated rings. The van der Waals surface area contributed by atoms with Crippen molar-refractivity contribution in [3.8, 4) is 0 Å². The van der Waals surface area contributed by atoms with Gasteiger partial charge in [-0.05, 0) is 17.5 Å². The van der Waals surface area contributed by atoms with Gasteiger partial charge in [0.25, 0.3) is 0 Å². The maximum atomic E-state index is 4.49. The highest BCUT2D eigenvalue weighted by Gasteiger charge is 2.17. The lowest BCUT2D eigenvalue weighted by Gasteiger charge is -2.24. The van der Waals surface area contributed by atoms with Crippen molar-refractivity contribution in [3.63, 3.8) is 0 Å². The standard InChI is InChI=1S/C16H21BrN4/c1-11(2)14-15(18-3)19-10-20-16(14)21(4)9-12-7-5-6-8-13(12)17/h5-8,10-11H,9H2,1-4H3,(H,18,19,20). The second kappa shape index (κ2) is 6.89. The van der Waals surface area contributed by atoms with Crippen molar-refractivity contribution in [2.75, 3.05) is 24.3 Å². The largest absolute Gasteiger partial charge is 0.373 e. The zero-order valence-corrected chi connectivity index (χ0v) is 14.5. The number of anilines is 2. The summed E-state index contributed by atoms with van der Waals surface area (Å²) in [5.74, 6) is 2.22. The minimum absolute atomic E-state index is 0.352. The predicted octanol–water partition coefficient (Wildman–Crippen LogP) is 4.04. The minimum Gasteiger partial charge on any atom is -0.373 e. The Morgan fingerprint density at radius 2 is 1.95 bits per heavy atom. The van der Waals surface area contributed by atoms with Crippen LogP contribution in [0.15, 0.2) is 35.1 Å². The quantitative estimate of drug-likeness (QED) is 0.885. The molecule has 0 saturated carbocycles. The van der Waals surface area contributed by atoms with E-state index in [2.05, 4.69) is 75.2 Å². The van der Waals surface area contributed by atoms with Gasteiger partial charge in [-0.3, -0.25) is 0 Å². The summed E-state index contributed by atoms with van der Waals surface area (Å²) in [6, 6.07) is 8.26. The molecule has 1 N–H and O–H groups in total. The lowest BCUT2D eigenvalue weighted by Crippen LogP contribution is -2.21. The summed E-state index contributed by atoms with van der Waals surface area (Å²) in [5, 5.41) is 3.16. The molecule has 0 bridgehead atoms. The third-order valence-corrected chi connectivity index (χ3v) is 4.18. The maximum Gasteiger partial charge on any atom is 0.137 e. The molecule has 1 aromatic carbocycles. The topological polar surface area (TPSA) is 41.1 Å². The number of hydrogen-bond acceptors (Lipinski definition) is 4. The smallest absolute Gasteiger partial charge is 0.137 e. The number of aromatic nitrogens is 2.